The van der Waals surface area contributed by atoms with Crippen molar-refractivity contribution in [2.24, 2.45) is 0 Å². The molecule has 0 unspecified atom stereocenters. The summed E-state index contributed by atoms with van der Waals surface area (Å²) in [5.41, 5.74) is 3.56. The highest BCUT2D eigenvalue weighted by atomic mass is 19.1. The Kier molecular flexibility index (Phi) is 7.39. The number of benzene rings is 2. The van der Waals surface area contributed by atoms with Gasteiger partial charge in [0, 0.05) is 35.4 Å². The molecule has 1 N–H and O–H groups in total. The first-order valence-electron chi connectivity index (χ1n) is 12.7. The monoisotopic (exact) mass is 554 g/mol. The number of carbonyl (C=O) groups is 1. The Morgan fingerprint density at radius 1 is 0.902 bits per heavy atom. The summed E-state index contributed by atoms with van der Waals surface area (Å²) in [5, 5.41) is 2.80. The average molecular weight is 555 g/mol. The summed E-state index contributed by atoms with van der Waals surface area (Å²) in [5.74, 6) is 0.740. The maximum atomic E-state index is 13.5. The molecule has 0 aliphatic heterocycles. The first kappa shape index (κ1) is 27.3. The summed E-state index contributed by atoms with van der Waals surface area (Å²) < 4.78 is 31.6. The number of nitrogens with zero attached hydrogens (tertiary/aromatic N) is 3. The van der Waals surface area contributed by atoms with Crippen molar-refractivity contribution in [3.63, 3.8) is 0 Å². The summed E-state index contributed by atoms with van der Waals surface area (Å²) >= 11 is 0. The SMILES string of the molecule is COc1cc2nccc(Oc3ccc(NC(=O)c4c(C)c(C)c(C)n(-c5ccc(F)cc5)c4=O)cc3)c2nc1OC. The average Bonchev–Trinajstić information content (AvgIpc) is 2.97. The van der Waals surface area contributed by atoms with Crippen LogP contribution in [0.1, 0.15) is 27.2 Å². The third-order valence-electron chi connectivity index (χ3n) is 6.91. The molecule has 3 aromatic heterocycles. The minimum absolute atomic E-state index is 0.0106. The van der Waals surface area contributed by atoms with Crippen LogP contribution in [0.2, 0.25) is 0 Å². The van der Waals surface area contributed by atoms with E-state index in [2.05, 4.69) is 15.3 Å². The highest BCUT2D eigenvalue weighted by Gasteiger charge is 2.21. The van der Waals surface area contributed by atoms with Crippen molar-refractivity contribution in [3.05, 3.63) is 105 Å². The summed E-state index contributed by atoms with van der Waals surface area (Å²) in [6.07, 6.45) is 1.60. The normalized spacial score (nSPS) is 10.9. The van der Waals surface area contributed by atoms with Crippen LogP contribution in [0, 0.1) is 26.6 Å². The second-order valence-electron chi connectivity index (χ2n) is 9.28. The smallest absolute Gasteiger partial charge is 0.268 e. The Morgan fingerprint density at radius 2 is 1.61 bits per heavy atom. The molecular weight excluding hydrogens is 527 g/mol. The maximum absolute atomic E-state index is 13.5. The van der Waals surface area contributed by atoms with Crippen LogP contribution in [0.5, 0.6) is 23.1 Å². The molecule has 0 saturated heterocycles. The van der Waals surface area contributed by atoms with Gasteiger partial charge in [0.1, 0.15) is 22.6 Å². The van der Waals surface area contributed by atoms with Gasteiger partial charge in [-0.15, -0.1) is 0 Å². The van der Waals surface area contributed by atoms with E-state index in [4.69, 9.17) is 14.2 Å². The molecule has 3 heterocycles. The minimum atomic E-state index is -0.550. The Bertz CT molecular complexity index is 1830. The lowest BCUT2D eigenvalue weighted by molar-refractivity contribution is 0.102. The fraction of sp³-hybridized carbons (Fsp3) is 0.161. The van der Waals surface area contributed by atoms with Gasteiger partial charge in [-0.2, -0.15) is 0 Å². The van der Waals surface area contributed by atoms with Gasteiger partial charge < -0.3 is 19.5 Å². The van der Waals surface area contributed by atoms with Gasteiger partial charge in [-0.1, -0.05) is 0 Å². The van der Waals surface area contributed by atoms with Crippen LogP contribution in [-0.4, -0.2) is 34.7 Å². The number of rotatable bonds is 7. The highest BCUT2D eigenvalue weighted by Crippen LogP contribution is 2.34. The number of ether oxygens (including phenoxy) is 3. The molecule has 208 valence electrons. The summed E-state index contributed by atoms with van der Waals surface area (Å²) in [6, 6.07) is 15.7. The van der Waals surface area contributed by atoms with E-state index in [1.54, 1.807) is 56.4 Å². The van der Waals surface area contributed by atoms with Gasteiger partial charge in [0.2, 0.25) is 0 Å². The lowest BCUT2D eigenvalue weighted by Crippen LogP contribution is -2.32. The van der Waals surface area contributed by atoms with Crippen molar-refractivity contribution in [2.75, 3.05) is 19.5 Å². The van der Waals surface area contributed by atoms with E-state index in [1.165, 1.54) is 43.1 Å². The number of nitrogens with one attached hydrogen (secondary N) is 1. The lowest BCUT2D eigenvalue weighted by Gasteiger charge is -2.18. The number of hydrogen-bond donors (Lipinski definition) is 1. The number of methoxy groups -OCH3 is 2. The van der Waals surface area contributed by atoms with Crippen LogP contribution in [-0.2, 0) is 0 Å². The molecule has 0 spiro atoms. The Balaban J connectivity index is 1.41. The third kappa shape index (κ3) is 5.19. The number of fused-ring (bicyclic) bond motifs is 1. The molecule has 2 aromatic carbocycles. The Labute approximate surface area is 235 Å². The molecule has 5 rings (SSSR count). The molecule has 0 saturated carbocycles. The van der Waals surface area contributed by atoms with E-state index >= 15 is 0 Å². The van der Waals surface area contributed by atoms with Crippen molar-refractivity contribution in [3.8, 4) is 28.8 Å². The topological polar surface area (TPSA) is 105 Å². The van der Waals surface area contributed by atoms with E-state index in [1.807, 2.05) is 6.92 Å². The minimum Gasteiger partial charge on any atom is -0.491 e. The zero-order valence-corrected chi connectivity index (χ0v) is 23.1. The predicted molar refractivity (Wildman–Crippen MR) is 153 cm³/mol. The van der Waals surface area contributed by atoms with Gasteiger partial charge in [-0.05, 0) is 80.4 Å². The van der Waals surface area contributed by atoms with E-state index in [9.17, 15) is 14.0 Å². The van der Waals surface area contributed by atoms with Crippen LogP contribution >= 0.6 is 0 Å². The van der Waals surface area contributed by atoms with Gasteiger partial charge >= 0.3 is 0 Å². The standard InChI is InChI=1S/C31H27FN4O5/c1-17-18(2)27(31(38)36(19(17)3)22-10-6-20(32)7-11-22)29(37)34-21-8-12-23(13-9-21)41-25-14-15-33-24-16-26(39-4)30(40-5)35-28(24)25/h6-16H,1-5H3,(H,34,37). The van der Waals surface area contributed by atoms with E-state index in [-0.39, 0.29) is 5.56 Å². The second kappa shape index (κ2) is 11.1. The molecule has 5 aromatic rings. The van der Waals surface area contributed by atoms with Crippen molar-refractivity contribution >= 4 is 22.6 Å². The Morgan fingerprint density at radius 3 is 2.27 bits per heavy atom. The van der Waals surface area contributed by atoms with Crippen LogP contribution < -0.4 is 25.1 Å². The molecule has 0 bridgehead atoms. The van der Waals surface area contributed by atoms with Gasteiger partial charge in [0.05, 0.1) is 19.7 Å². The quantitative estimate of drug-likeness (QED) is 0.267. The number of anilines is 1. The van der Waals surface area contributed by atoms with Crippen LogP contribution in [0.4, 0.5) is 10.1 Å². The first-order chi connectivity index (χ1) is 19.7. The number of amides is 1. The van der Waals surface area contributed by atoms with Crippen molar-refractivity contribution in [2.45, 2.75) is 20.8 Å². The summed E-state index contributed by atoms with van der Waals surface area (Å²) in [4.78, 5) is 35.6. The largest absolute Gasteiger partial charge is 0.491 e. The molecule has 1 amide bonds. The van der Waals surface area contributed by atoms with Crippen molar-refractivity contribution < 1.29 is 23.4 Å². The zero-order valence-electron chi connectivity index (χ0n) is 23.1. The number of aromatic nitrogens is 3. The fourth-order valence-corrected chi connectivity index (χ4v) is 4.53. The van der Waals surface area contributed by atoms with Crippen LogP contribution in [0.3, 0.4) is 0 Å². The molecule has 10 heteroatoms. The fourth-order valence-electron chi connectivity index (χ4n) is 4.53. The summed E-state index contributed by atoms with van der Waals surface area (Å²) in [7, 11) is 3.02. The number of carbonyl (C=O) groups excluding carboxylic acids is 1. The second-order valence-corrected chi connectivity index (χ2v) is 9.28. The van der Waals surface area contributed by atoms with E-state index < -0.39 is 17.3 Å². The van der Waals surface area contributed by atoms with Crippen LogP contribution in [0.15, 0.2) is 71.7 Å². The van der Waals surface area contributed by atoms with Gasteiger partial charge in [-0.3, -0.25) is 19.1 Å². The number of halogens is 1. The molecule has 0 fully saturated rings. The molecule has 0 aliphatic carbocycles. The maximum Gasteiger partial charge on any atom is 0.268 e. The molecule has 0 aliphatic rings. The van der Waals surface area contributed by atoms with Gasteiger partial charge in [-0.25, -0.2) is 9.37 Å². The van der Waals surface area contributed by atoms with Crippen molar-refractivity contribution in [1.29, 1.82) is 0 Å². The van der Waals surface area contributed by atoms with Crippen LogP contribution in [0.25, 0.3) is 16.7 Å². The molecule has 0 atom stereocenters. The molecular formula is C31H27FN4O5. The molecule has 41 heavy (non-hydrogen) atoms. The summed E-state index contributed by atoms with van der Waals surface area (Å²) in [6.45, 7) is 5.38. The lowest BCUT2D eigenvalue weighted by atomic mass is 10.0. The van der Waals surface area contributed by atoms with E-state index in [0.29, 0.717) is 56.8 Å². The predicted octanol–water partition coefficient (Wildman–Crippen LogP) is 5.91. The Hall–Kier alpha value is -5.25. The molecule has 9 nitrogen and oxygen atoms in total. The highest BCUT2D eigenvalue weighted by molar-refractivity contribution is 6.05. The zero-order chi connectivity index (χ0) is 29.3. The number of hydrogen-bond acceptors (Lipinski definition) is 7. The molecule has 0 radical (unpaired) electrons. The van der Waals surface area contributed by atoms with Crippen molar-refractivity contribution in [1.82, 2.24) is 14.5 Å². The first-order valence-corrected chi connectivity index (χ1v) is 12.7. The van der Waals surface area contributed by atoms with Gasteiger partial charge in [0.25, 0.3) is 17.3 Å². The third-order valence-corrected chi connectivity index (χ3v) is 6.91. The van der Waals surface area contributed by atoms with Gasteiger partial charge in [0.15, 0.2) is 11.5 Å². The number of pyridine rings is 3. The van der Waals surface area contributed by atoms with E-state index in [0.717, 1.165) is 5.56 Å².